The Bertz CT molecular complexity index is 1490. The first-order valence-electron chi connectivity index (χ1n) is 13.4. The fourth-order valence-corrected chi connectivity index (χ4v) is 5.37. The molecule has 0 atom stereocenters. The normalized spacial score (nSPS) is 14.1. The molecule has 3 heterocycles. The van der Waals surface area contributed by atoms with E-state index in [1.807, 2.05) is 37.4 Å². The van der Waals surface area contributed by atoms with Crippen LogP contribution in [0.2, 0.25) is 0 Å². The predicted octanol–water partition coefficient (Wildman–Crippen LogP) is 4.50. The van der Waals surface area contributed by atoms with Gasteiger partial charge in [-0.1, -0.05) is 18.2 Å². The number of ether oxygens (including phenoxy) is 2. The summed E-state index contributed by atoms with van der Waals surface area (Å²) in [5.74, 6) is 0.836. The highest BCUT2D eigenvalue weighted by atomic mass is 16.5. The Morgan fingerprint density at radius 1 is 1.10 bits per heavy atom. The Labute approximate surface area is 234 Å². The van der Waals surface area contributed by atoms with Gasteiger partial charge < -0.3 is 34.5 Å². The van der Waals surface area contributed by atoms with Crippen molar-refractivity contribution in [3.8, 4) is 17.0 Å². The Kier molecular flexibility index (Phi) is 8.18. The van der Waals surface area contributed by atoms with Crippen LogP contribution in [0.5, 0.6) is 5.75 Å². The van der Waals surface area contributed by atoms with Gasteiger partial charge in [0.05, 0.1) is 29.9 Å². The zero-order valence-corrected chi connectivity index (χ0v) is 23.8. The first kappa shape index (κ1) is 27.4. The van der Waals surface area contributed by atoms with E-state index in [1.165, 1.54) is 7.11 Å². The summed E-state index contributed by atoms with van der Waals surface area (Å²) in [5, 5.41) is 7.47. The second-order valence-corrected chi connectivity index (χ2v) is 10.3. The van der Waals surface area contributed by atoms with Crippen LogP contribution in [0.4, 0.5) is 23.0 Å². The monoisotopic (exact) mass is 543 g/mol. The molecule has 1 saturated heterocycles. The molecule has 10 nitrogen and oxygen atoms in total. The second kappa shape index (κ2) is 11.9. The summed E-state index contributed by atoms with van der Waals surface area (Å²) < 4.78 is 13.0. The average molecular weight is 544 g/mol. The molecule has 1 amide bonds. The molecule has 1 fully saturated rings. The van der Waals surface area contributed by atoms with Gasteiger partial charge in [-0.15, -0.1) is 0 Å². The van der Waals surface area contributed by atoms with E-state index in [1.54, 1.807) is 13.3 Å². The SMILES string of the molecule is COCC(=O)Nc1cc(Nc2nccc(-c3cn(C)c4ccccc34)n2)c(OC)cc1N1CCC(N(C)C)CC1. The number of rotatable bonds is 9. The lowest BCUT2D eigenvalue weighted by molar-refractivity contribution is -0.119. The Morgan fingerprint density at radius 2 is 1.88 bits per heavy atom. The molecule has 0 bridgehead atoms. The van der Waals surface area contributed by atoms with Crippen LogP contribution in [0.1, 0.15) is 12.8 Å². The smallest absolute Gasteiger partial charge is 0.250 e. The molecule has 0 saturated carbocycles. The number of fused-ring (bicyclic) bond motifs is 1. The number of nitrogens with zero attached hydrogens (tertiary/aromatic N) is 5. The fourth-order valence-electron chi connectivity index (χ4n) is 5.37. The molecule has 5 rings (SSSR count). The Hall–Kier alpha value is -4.15. The lowest BCUT2D eigenvalue weighted by atomic mass is 10.0. The van der Waals surface area contributed by atoms with Crippen LogP contribution >= 0.6 is 0 Å². The number of carbonyl (C=O) groups excluding carboxylic acids is 1. The van der Waals surface area contributed by atoms with Crippen molar-refractivity contribution in [3.63, 3.8) is 0 Å². The van der Waals surface area contributed by atoms with Crippen molar-refractivity contribution in [2.45, 2.75) is 18.9 Å². The maximum absolute atomic E-state index is 12.6. The van der Waals surface area contributed by atoms with E-state index in [9.17, 15) is 4.79 Å². The molecule has 2 aromatic carbocycles. The van der Waals surface area contributed by atoms with E-state index in [0.29, 0.717) is 29.1 Å². The number of benzene rings is 2. The number of aryl methyl sites for hydroxylation is 1. The van der Waals surface area contributed by atoms with Gasteiger partial charge in [0, 0.05) is 68.2 Å². The van der Waals surface area contributed by atoms with Gasteiger partial charge in [0.25, 0.3) is 0 Å². The molecule has 4 aromatic rings. The summed E-state index contributed by atoms with van der Waals surface area (Å²) in [4.78, 5) is 26.5. The minimum absolute atomic E-state index is 0.0346. The molecule has 2 aromatic heterocycles. The second-order valence-electron chi connectivity index (χ2n) is 10.3. The number of amides is 1. The number of piperidine rings is 1. The van der Waals surface area contributed by atoms with Crippen LogP contribution < -0.4 is 20.3 Å². The maximum atomic E-state index is 12.6. The summed E-state index contributed by atoms with van der Waals surface area (Å²) >= 11 is 0. The summed E-state index contributed by atoms with van der Waals surface area (Å²) in [6.45, 7) is 1.72. The first-order chi connectivity index (χ1) is 19.4. The first-order valence-corrected chi connectivity index (χ1v) is 13.4. The summed E-state index contributed by atoms with van der Waals surface area (Å²) in [6, 6.07) is 14.5. The molecular weight excluding hydrogens is 506 g/mol. The van der Waals surface area contributed by atoms with Crippen LogP contribution in [0.3, 0.4) is 0 Å². The number of hydrogen-bond acceptors (Lipinski definition) is 8. The van der Waals surface area contributed by atoms with Crippen molar-refractivity contribution < 1.29 is 14.3 Å². The van der Waals surface area contributed by atoms with Gasteiger partial charge in [-0.05, 0) is 45.1 Å². The predicted molar refractivity (Wildman–Crippen MR) is 160 cm³/mol. The highest BCUT2D eigenvalue weighted by Crippen LogP contribution is 2.39. The van der Waals surface area contributed by atoms with Crippen LogP contribution in [-0.2, 0) is 16.6 Å². The average Bonchev–Trinajstić information content (AvgIpc) is 3.30. The van der Waals surface area contributed by atoms with Gasteiger partial charge in [0.1, 0.15) is 12.4 Å². The zero-order chi connectivity index (χ0) is 28.2. The van der Waals surface area contributed by atoms with Crippen LogP contribution in [0, 0.1) is 0 Å². The van der Waals surface area contributed by atoms with Gasteiger partial charge in [0.15, 0.2) is 0 Å². The number of nitrogens with one attached hydrogen (secondary N) is 2. The molecule has 0 spiro atoms. The molecule has 0 aliphatic carbocycles. The Balaban J connectivity index is 1.48. The van der Waals surface area contributed by atoms with Crippen molar-refractivity contribution in [2.75, 3.05) is 63.5 Å². The summed E-state index contributed by atoms with van der Waals surface area (Å²) in [6.07, 6.45) is 5.89. The number of anilines is 4. The van der Waals surface area contributed by atoms with Gasteiger partial charge in [-0.2, -0.15) is 0 Å². The van der Waals surface area contributed by atoms with Gasteiger partial charge in [-0.25, -0.2) is 9.97 Å². The lowest BCUT2D eigenvalue weighted by Crippen LogP contribution is -2.42. The maximum Gasteiger partial charge on any atom is 0.250 e. The molecule has 10 heteroatoms. The molecule has 1 aliphatic rings. The fraction of sp³-hybridized carbons (Fsp3) is 0.367. The molecule has 40 heavy (non-hydrogen) atoms. The third-order valence-corrected chi connectivity index (χ3v) is 7.48. The van der Waals surface area contributed by atoms with Crippen LogP contribution in [0.15, 0.2) is 54.9 Å². The minimum atomic E-state index is -0.225. The molecule has 0 radical (unpaired) electrons. The third-order valence-electron chi connectivity index (χ3n) is 7.48. The summed E-state index contributed by atoms with van der Waals surface area (Å²) in [7, 11) is 9.42. The van der Waals surface area contributed by atoms with E-state index < -0.39 is 0 Å². The molecule has 2 N–H and O–H groups in total. The van der Waals surface area contributed by atoms with Crippen molar-refractivity contribution in [1.29, 1.82) is 0 Å². The topological polar surface area (TPSA) is 96.8 Å². The van der Waals surface area contributed by atoms with E-state index >= 15 is 0 Å². The minimum Gasteiger partial charge on any atom is -0.494 e. The van der Waals surface area contributed by atoms with Crippen molar-refractivity contribution in [1.82, 2.24) is 19.4 Å². The van der Waals surface area contributed by atoms with Crippen molar-refractivity contribution in [2.24, 2.45) is 7.05 Å². The number of methoxy groups -OCH3 is 2. The van der Waals surface area contributed by atoms with Crippen LogP contribution in [0.25, 0.3) is 22.2 Å². The zero-order valence-electron chi connectivity index (χ0n) is 23.8. The largest absolute Gasteiger partial charge is 0.494 e. The van der Waals surface area contributed by atoms with E-state index in [0.717, 1.165) is 53.8 Å². The summed E-state index contributed by atoms with van der Waals surface area (Å²) in [5.41, 5.74) is 5.21. The highest BCUT2D eigenvalue weighted by molar-refractivity contribution is 5.97. The third kappa shape index (κ3) is 5.73. The Morgan fingerprint density at radius 3 is 2.60 bits per heavy atom. The number of hydrogen-bond donors (Lipinski definition) is 2. The molecular formula is C30H37N7O3. The van der Waals surface area contributed by atoms with Crippen molar-refractivity contribution >= 4 is 39.8 Å². The van der Waals surface area contributed by atoms with Gasteiger partial charge >= 0.3 is 0 Å². The van der Waals surface area contributed by atoms with Gasteiger partial charge in [0.2, 0.25) is 11.9 Å². The van der Waals surface area contributed by atoms with E-state index in [2.05, 4.69) is 62.4 Å². The molecule has 1 aliphatic heterocycles. The molecule has 0 unspecified atom stereocenters. The van der Waals surface area contributed by atoms with Gasteiger partial charge in [-0.3, -0.25) is 4.79 Å². The quantitative estimate of drug-likeness (QED) is 0.319. The lowest BCUT2D eigenvalue weighted by Gasteiger charge is -2.37. The van der Waals surface area contributed by atoms with Crippen LogP contribution in [-0.4, -0.2) is 79.4 Å². The van der Waals surface area contributed by atoms with Crippen molar-refractivity contribution in [3.05, 3.63) is 54.9 Å². The number of carbonyl (C=O) groups is 1. The van der Waals surface area contributed by atoms with E-state index in [-0.39, 0.29) is 12.5 Å². The van der Waals surface area contributed by atoms with E-state index in [4.69, 9.17) is 14.5 Å². The molecule has 210 valence electrons. The number of para-hydroxylation sites is 1. The number of aromatic nitrogens is 3. The highest BCUT2D eigenvalue weighted by Gasteiger charge is 2.24. The standard InChI is InChI=1S/C30H37N7O3/c1-35(2)20-11-14-37(15-12-20)27-17-28(40-5)25(16-24(27)32-29(38)19-39-4)34-30-31-13-10-23(33-30)22-18-36(3)26-9-7-6-8-21(22)26/h6-10,13,16-18,20H,11-12,14-15,19H2,1-5H3,(H,32,38)(H,31,33,34).